The molecular formula is C19H25N3O5. The molecule has 8 heteroatoms. The first-order chi connectivity index (χ1) is 12.6. The molecule has 0 saturated carbocycles. The van der Waals surface area contributed by atoms with E-state index in [0.29, 0.717) is 18.4 Å². The molecule has 1 heterocycles. The number of para-hydroxylation sites is 1. The molecule has 146 valence electrons. The predicted molar refractivity (Wildman–Crippen MR) is 99.3 cm³/mol. The Kier molecular flexibility index (Phi) is 6.20. The number of hydrogen-bond donors (Lipinski definition) is 2. The van der Waals surface area contributed by atoms with Gasteiger partial charge in [-0.15, -0.1) is 0 Å². The number of carboxylic acid groups (broad SMARTS) is 1. The zero-order valence-corrected chi connectivity index (χ0v) is 16.0. The summed E-state index contributed by atoms with van der Waals surface area (Å²) in [5.41, 5.74) is 0.389. The lowest BCUT2D eigenvalue weighted by Gasteiger charge is -2.28. The summed E-state index contributed by atoms with van der Waals surface area (Å²) < 4.78 is 6.43. The molecule has 0 aliphatic rings. The van der Waals surface area contributed by atoms with Crippen molar-refractivity contribution in [3.05, 3.63) is 30.0 Å². The maximum Gasteiger partial charge on any atom is 0.328 e. The molecule has 0 fully saturated rings. The zero-order chi connectivity index (χ0) is 20.2. The first-order valence-corrected chi connectivity index (χ1v) is 8.71. The van der Waals surface area contributed by atoms with Crippen LogP contribution >= 0.6 is 0 Å². The van der Waals surface area contributed by atoms with Crippen molar-refractivity contribution >= 4 is 28.7 Å². The van der Waals surface area contributed by atoms with Gasteiger partial charge in [-0.25, -0.2) is 4.79 Å². The standard InChI is InChI=1S/C19H25N3O5/c1-19(2,3)16(18(26)27-4)20-17(25)15-12-8-5-6-9-13(12)22(21-15)11-7-10-14(23)24/h5-6,8-9,16H,7,10-11H2,1-4H3,(H,20,25)(H,23,24)/t16-/m1/s1. The maximum absolute atomic E-state index is 12.8. The molecule has 0 saturated heterocycles. The summed E-state index contributed by atoms with van der Waals surface area (Å²) in [6.45, 7) is 5.87. The second-order valence-corrected chi connectivity index (χ2v) is 7.38. The number of fused-ring (bicyclic) bond motifs is 1. The monoisotopic (exact) mass is 375 g/mol. The lowest BCUT2D eigenvalue weighted by molar-refractivity contribution is -0.145. The van der Waals surface area contributed by atoms with E-state index in [-0.39, 0.29) is 12.1 Å². The number of benzene rings is 1. The molecule has 2 N–H and O–H groups in total. The summed E-state index contributed by atoms with van der Waals surface area (Å²) in [5.74, 6) is -1.88. The van der Waals surface area contributed by atoms with Crippen LogP contribution in [0.4, 0.5) is 0 Å². The SMILES string of the molecule is COC(=O)[C@@H](NC(=O)c1nn(CCCC(=O)O)c2ccccc12)C(C)(C)C. The van der Waals surface area contributed by atoms with Crippen LogP contribution in [0.25, 0.3) is 10.9 Å². The molecule has 1 aromatic heterocycles. The van der Waals surface area contributed by atoms with E-state index in [1.54, 1.807) is 16.8 Å². The van der Waals surface area contributed by atoms with Gasteiger partial charge in [0.05, 0.1) is 12.6 Å². The third kappa shape index (κ3) is 4.84. The van der Waals surface area contributed by atoms with E-state index in [9.17, 15) is 14.4 Å². The Morgan fingerprint density at radius 2 is 1.93 bits per heavy atom. The van der Waals surface area contributed by atoms with Crippen molar-refractivity contribution in [1.82, 2.24) is 15.1 Å². The van der Waals surface area contributed by atoms with Gasteiger partial charge in [-0.2, -0.15) is 5.10 Å². The first kappa shape index (κ1) is 20.4. The van der Waals surface area contributed by atoms with E-state index in [1.165, 1.54) is 7.11 Å². The molecule has 2 aromatic rings. The average Bonchev–Trinajstić information content (AvgIpc) is 2.96. The number of nitrogens with one attached hydrogen (secondary N) is 1. The van der Waals surface area contributed by atoms with Gasteiger partial charge in [-0.3, -0.25) is 14.3 Å². The van der Waals surface area contributed by atoms with Crippen LogP contribution in [-0.2, 0) is 20.9 Å². The van der Waals surface area contributed by atoms with Gasteiger partial charge < -0.3 is 15.2 Å². The molecule has 0 aliphatic carbocycles. The van der Waals surface area contributed by atoms with Crippen molar-refractivity contribution in [2.75, 3.05) is 7.11 Å². The van der Waals surface area contributed by atoms with Crippen LogP contribution in [0.2, 0.25) is 0 Å². The highest BCUT2D eigenvalue weighted by atomic mass is 16.5. The number of hydrogen-bond acceptors (Lipinski definition) is 5. The highest BCUT2D eigenvalue weighted by molar-refractivity contribution is 6.06. The first-order valence-electron chi connectivity index (χ1n) is 8.71. The summed E-state index contributed by atoms with van der Waals surface area (Å²) in [6.07, 6.45) is 0.416. The summed E-state index contributed by atoms with van der Waals surface area (Å²) in [5, 5.41) is 16.5. The molecule has 8 nitrogen and oxygen atoms in total. The third-order valence-corrected chi connectivity index (χ3v) is 4.21. The van der Waals surface area contributed by atoms with Crippen LogP contribution < -0.4 is 5.32 Å². The predicted octanol–water partition coefficient (Wildman–Crippen LogP) is 2.22. The fourth-order valence-electron chi connectivity index (χ4n) is 2.79. The average molecular weight is 375 g/mol. The van der Waals surface area contributed by atoms with Crippen LogP contribution in [0.15, 0.2) is 24.3 Å². The van der Waals surface area contributed by atoms with Crippen LogP contribution in [0, 0.1) is 5.41 Å². The summed E-state index contributed by atoms with van der Waals surface area (Å²) in [6, 6.07) is 6.39. The molecule has 0 radical (unpaired) electrons. The number of methoxy groups -OCH3 is 1. The minimum absolute atomic E-state index is 0.0180. The van der Waals surface area contributed by atoms with Gasteiger partial charge in [0.25, 0.3) is 5.91 Å². The van der Waals surface area contributed by atoms with Gasteiger partial charge in [0.15, 0.2) is 5.69 Å². The quantitative estimate of drug-likeness (QED) is 0.718. The van der Waals surface area contributed by atoms with Crippen molar-refractivity contribution in [3.8, 4) is 0 Å². The van der Waals surface area contributed by atoms with Gasteiger partial charge in [-0.05, 0) is 17.9 Å². The number of carbonyl (C=O) groups is 3. The molecule has 0 unspecified atom stereocenters. The highest BCUT2D eigenvalue weighted by Gasteiger charge is 2.34. The van der Waals surface area contributed by atoms with Crippen LogP contribution in [0.1, 0.15) is 44.1 Å². The Morgan fingerprint density at radius 1 is 1.26 bits per heavy atom. The number of aromatic nitrogens is 2. The fourth-order valence-corrected chi connectivity index (χ4v) is 2.79. The van der Waals surface area contributed by atoms with Crippen molar-refractivity contribution in [1.29, 1.82) is 0 Å². The number of aryl methyl sites for hydroxylation is 1. The normalized spacial score (nSPS) is 12.6. The van der Waals surface area contributed by atoms with Gasteiger partial charge >= 0.3 is 11.9 Å². The van der Waals surface area contributed by atoms with Crippen molar-refractivity contribution in [3.63, 3.8) is 0 Å². The Bertz CT molecular complexity index is 851. The zero-order valence-electron chi connectivity index (χ0n) is 16.0. The molecule has 1 atom stereocenters. The van der Waals surface area contributed by atoms with E-state index < -0.39 is 29.3 Å². The van der Waals surface area contributed by atoms with Gasteiger partial charge in [0.1, 0.15) is 6.04 Å². The lowest BCUT2D eigenvalue weighted by Crippen LogP contribution is -2.49. The number of carboxylic acids is 1. The lowest BCUT2D eigenvalue weighted by atomic mass is 9.86. The number of ether oxygens (including phenoxy) is 1. The number of amides is 1. The minimum Gasteiger partial charge on any atom is -0.481 e. The molecule has 1 aromatic carbocycles. The fraction of sp³-hybridized carbons (Fsp3) is 0.474. The van der Waals surface area contributed by atoms with Crippen molar-refractivity contribution in [2.24, 2.45) is 5.41 Å². The Labute approximate surface area is 157 Å². The Hall–Kier alpha value is -2.90. The van der Waals surface area contributed by atoms with E-state index in [0.717, 1.165) is 5.52 Å². The smallest absolute Gasteiger partial charge is 0.328 e. The maximum atomic E-state index is 12.8. The van der Waals surface area contributed by atoms with Gasteiger partial charge in [0.2, 0.25) is 0 Å². The molecule has 0 spiro atoms. The van der Waals surface area contributed by atoms with Crippen molar-refractivity contribution in [2.45, 2.75) is 46.2 Å². The summed E-state index contributed by atoms with van der Waals surface area (Å²) in [4.78, 5) is 35.7. The number of esters is 1. The Morgan fingerprint density at radius 3 is 2.52 bits per heavy atom. The number of rotatable bonds is 7. The number of nitrogens with zero attached hydrogens (tertiary/aromatic N) is 2. The summed E-state index contributed by atoms with van der Waals surface area (Å²) >= 11 is 0. The van der Waals surface area contributed by atoms with E-state index >= 15 is 0 Å². The molecule has 0 bridgehead atoms. The minimum atomic E-state index is -0.879. The molecular weight excluding hydrogens is 350 g/mol. The Balaban J connectivity index is 2.32. The molecule has 27 heavy (non-hydrogen) atoms. The van der Waals surface area contributed by atoms with E-state index in [2.05, 4.69) is 10.4 Å². The van der Waals surface area contributed by atoms with E-state index in [1.807, 2.05) is 32.9 Å². The van der Waals surface area contributed by atoms with Gasteiger partial charge in [0, 0.05) is 18.4 Å². The second-order valence-electron chi connectivity index (χ2n) is 7.38. The number of carbonyl (C=O) groups excluding carboxylic acids is 2. The molecule has 1 amide bonds. The van der Waals surface area contributed by atoms with Crippen LogP contribution in [0.3, 0.4) is 0 Å². The molecule has 2 rings (SSSR count). The second kappa shape index (κ2) is 8.20. The topological polar surface area (TPSA) is 111 Å². The number of aliphatic carboxylic acids is 1. The highest BCUT2D eigenvalue weighted by Crippen LogP contribution is 2.23. The van der Waals surface area contributed by atoms with Gasteiger partial charge in [-0.1, -0.05) is 39.0 Å². The largest absolute Gasteiger partial charge is 0.481 e. The third-order valence-electron chi connectivity index (χ3n) is 4.21. The van der Waals surface area contributed by atoms with Crippen LogP contribution in [-0.4, -0.2) is 45.9 Å². The van der Waals surface area contributed by atoms with Crippen molar-refractivity contribution < 1.29 is 24.2 Å². The molecule has 0 aliphatic heterocycles. The van der Waals surface area contributed by atoms with Crippen LogP contribution in [0.5, 0.6) is 0 Å². The van der Waals surface area contributed by atoms with E-state index in [4.69, 9.17) is 9.84 Å². The summed E-state index contributed by atoms with van der Waals surface area (Å²) in [7, 11) is 1.28.